The summed E-state index contributed by atoms with van der Waals surface area (Å²) in [4.78, 5) is 5.17. The molecule has 5 nitrogen and oxygen atoms in total. The van der Waals surface area contributed by atoms with Gasteiger partial charge in [-0.1, -0.05) is 25.0 Å². The molecule has 3 fully saturated rings. The number of likely N-dealkylation sites (tertiary alicyclic amines) is 2. The summed E-state index contributed by atoms with van der Waals surface area (Å²) < 4.78 is 9.18. The molecule has 1 spiro atoms. The Labute approximate surface area is 180 Å². The smallest absolute Gasteiger partial charge is 0.140 e. The molecule has 3 aliphatic heterocycles. The van der Waals surface area contributed by atoms with Crippen LogP contribution in [0.15, 0.2) is 30.5 Å². The van der Waals surface area contributed by atoms with Crippen molar-refractivity contribution in [3.05, 3.63) is 36.0 Å². The molecule has 1 aromatic carbocycles. The average Bonchev–Trinajstić information content (AvgIpc) is 3.46. The number of nitrogens with zero attached hydrogens (tertiary/aromatic N) is 4. The highest BCUT2D eigenvalue weighted by Crippen LogP contribution is 2.50. The zero-order valence-corrected chi connectivity index (χ0v) is 18.2. The molecule has 4 heterocycles. The Morgan fingerprint density at radius 1 is 0.933 bits per heavy atom. The zero-order chi connectivity index (χ0) is 20.1. The van der Waals surface area contributed by atoms with Crippen molar-refractivity contribution in [1.82, 2.24) is 19.6 Å². The average molecular weight is 407 g/mol. The maximum atomic E-state index is 6.83. The minimum atomic E-state index is -0.206. The highest BCUT2D eigenvalue weighted by atomic mass is 16.5. The Morgan fingerprint density at radius 2 is 1.67 bits per heavy atom. The molecule has 0 radical (unpaired) electrons. The van der Waals surface area contributed by atoms with Crippen LogP contribution in [0.3, 0.4) is 0 Å². The lowest BCUT2D eigenvalue weighted by Crippen LogP contribution is -2.49. The van der Waals surface area contributed by atoms with E-state index in [2.05, 4.69) is 52.0 Å². The summed E-state index contributed by atoms with van der Waals surface area (Å²) in [7, 11) is 2.23. The number of fused-ring (bicyclic) bond motifs is 4. The van der Waals surface area contributed by atoms with Gasteiger partial charge in [-0.2, -0.15) is 5.10 Å². The molecule has 1 aromatic heterocycles. The lowest BCUT2D eigenvalue weighted by molar-refractivity contribution is -0.0157. The van der Waals surface area contributed by atoms with Crippen molar-refractivity contribution in [2.75, 3.05) is 33.2 Å². The summed E-state index contributed by atoms with van der Waals surface area (Å²) in [5.41, 5.74) is 3.70. The van der Waals surface area contributed by atoms with Crippen LogP contribution in [0.25, 0.3) is 11.3 Å². The zero-order valence-electron chi connectivity index (χ0n) is 18.2. The fraction of sp³-hybridized carbons (Fsp3) is 0.640. The highest BCUT2D eigenvalue weighted by Gasteiger charge is 2.46. The van der Waals surface area contributed by atoms with Crippen molar-refractivity contribution in [2.45, 2.75) is 69.1 Å². The van der Waals surface area contributed by atoms with Crippen molar-refractivity contribution in [3.8, 4) is 17.0 Å². The Balaban J connectivity index is 1.35. The van der Waals surface area contributed by atoms with Gasteiger partial charge in [0.1, 0.15) is 11.4 Å². The minimum absolute atomic E-state index is 0.206. The van der Waals surface area contributed by atoms with Gasteiger partial charge in [0.15, 0.2) is 0 Å². The predicted molar refractivity (Wildman–Crippen MR) is 119 cm³/mol. The van der Waals surface area contributed by atoms with Crippen molar-refractivity contribution in [3.63, 3.8) is 0 Å². The Kier molecular flexibility index (Phi) is 4.65. The number of benzene rings is 1. The van der Waals surface area contributed by atoms with Gasteiger partial charge >= 0.3 is 0 Å². The quantitative estimate of drug-likeness (QED) is 0.738. The fourth-order valence-electron chi connectivity index (χ4n) is 6.39. The van der Waals surface area contributed by atoms with E-state index in [1.807, 2.05) is 0 Å². The molecule has 0 bridgehead atoms. The van der Waals surface area contributed by atoms with Crippen LogP contribution in [0.1, 0.15) is 63.0 Å². The molecule has 1 aliphatic carbocycles. The molecule has 0 atom stereocenters. The molecular formula is C25H34N4O. The van der Waals surface area contributed by atoms with Crippen LogP contribution in [0.2, 0.25) is 0 Å². The molecule has 5 heteroatoms. The molecule has 2 saturated heterocycles. The number of aromatic nitrogens is 2. The molecule has 30 heavy (non-hydrogen) atoms. The summed E-state index contributed by atoms with van der Waals surface area (Å²) in [5.74, 6) is 1.05. The monoisotopic (exact) mass is 406 g/mol. The van der Waals surface area contributed by atoms with Gasteiger partial charge in [0, 0.05) is 43.1 Å². The van der Waals surface area contributed by atoms with E-state index in [0.29, 0.717) is 6.04 Å². The second-order valence-electron chi connectivity index (χ2n) is 9.95. The number of ether oxygens (including phenoxy) is 1. The van der Waals surface area contributed by atoms with E-state index in [1.165, 1.54) is 55.3 Å². The third kappa shape index (κ3) is 3.01. The standard InChI is InChI=1S/C25H34N4O/c1-27-14-10-20(11-15-27)29-24-21-8-4-5-9-23(21)30-25(22(24)18-26-29)12-16-28(17-13-25)19-6-2-3-7-19/h4-5,8-9,18-20H,2-3,6-7,10-17H2,1H3. The topological polar surface area (TPSA) is 33.5 Å². The molecule has 0 unspecified atom stereocenters. The van der Waals surface area contributed by atoms with Crippen molar-refractivity contribution in [1.29, 1.82) is 0 Å². The largest absolute Gasteiger partial charge is 0.482 e. The number of hydrogen-bond acceptors (Lipinski definition) is 4. The normalized spacial score (nSPS) is 25.2. The van der Waals surface area contributed by atoms with E-state index in [4.69, 9.17) is 9.84 Å². The van der Waals surface area contributed by atoms with Crippen LogP contribution in [0.5, 0.6) is 5.75 Å². The molecule has 0 N–H and O–H groups in total. The van der Waals surface area contributed by atoms with Crippen LogP contribution < -0.4 is 4.74 Å². The van der Waals surface area contributed by atoms with E-state index in [9.17, 15) is 0 Å². The maximum absolute atomic E-state index is 6.83. The second-order valence-corrected chi connectivity index (χ2v) is 9.95. The lowest BCUT2D eigenvalue weighted by Gasteiger charge is -2.46. The van der Waals surface area contributed by atoms with E-state index in [1.54, 1.807) is 0 Å². The number of rotatable bonds is 2. The van der Waals surface area contributed by atoms with Crippen molar-refractivity contribution >= 4 is 0 Å². The molecule has 2 aromatic rings. The SMILES string of the molecule is CN1CCC(n2ncc3c2-c2ccccc2OC32CCN(C3CCCC3)CC2)CC1. The van der Waals surface area contributed by atoms with E-state index < -0.39 is 0 Å². The summed E-state index contributed by atoms with van der Waals surface area (Å²) in [6.07, 6.45) is 12.2. The van der Waals surface area contributed by atoms with Gasteiger partial charge in [-0.05, 0) is 58.0 Å². The highest BCUT2D eigenvalue weighted by molar-refractivity contribution is 5.74. The first-order chi connectivity index (χ1) is 14.7. The van der Waals surface area contributed by atoms with Gasteiger partial charge in [-0.25, -0.2) is 0 Å². The van der Waals surface area contributed by atoms with Gasteiger partial charge in [0.25, 0.3) is 0 Å². The van der Waals surface area contributed by atoms with Crippen LogP contribution in [-0.2, 0) is 5.60 Å². The minimum Gasteiger partial charge on any atom is -0.482 e. The molecule has 0 amide bonds. The summed E-state index contributed by atoms with van der Waals surface area (Å²) in [6, 6.07) is 9.93. The lowest BCUT2D eigenvalue weighted by atomic mass is 9.80. The molecule has 160 valence electrons. The predicted octanol–water partition coefficient (Wildman–Crippen LogP) is 4.44. The summed E-state index contributed by atoms with van der Waals surface area (Å²) in [6.45, 7) is 4.59. The first kappa shape index (κ1) is 18.9. The summed E-state index contributed by atoms with van der Waals surface area (Å²) >= 11 is 0. The van der Waals surface area contributed by atoms with Crippen LogP contribution in [0, 0.1) is 0 Å². The van der Waals surface area contributed by atoms with Gasteiger partial charge in [0.05, 0.1) is 17.9 Å². The number of piperidine rings is 2. The van der Waals surface area contributed by atoms with E-state index in [0.717, 1.165) is 50.8 Å². The Hall–Kier alpha value is -1.85. The van der Waals surface area contributed by atoms with E-state index >= 15 is 0 Å². The van der Waals surface area contributed by atoms with E-state index in [-0.39, 0.29) is 5.60 Å². The third-order valence-corrected chi connectivity index (χ3v) is 8.21. The molecule has 1 saturated carbocycles. The van der Waals surface area contributed by atoms with Crippen LogP contribution >= 0.6 is 0 Å². The molecular weight excluding hydrogens is 372 g/mol. The van der Waals surface area contributed by atoms with Gasteiger partial charge in [-0.3, -0.25) is 4.68 Å². The van der Waals surface area contributed by atoms with Crippen molar-refractivity contribution < 1.29 is 4.74 Å². The molecule has 4 aliphatic rings. The van der Waals surface area contributed by atoms with Gasteiger partial charge in [0.2, 0.25) is 0 Å². The maximum Gasteiger partial charge on any atom is 0.140 e. The van der Waals surface area contributed by atoms with Gasteiger partial charge < -0.3 is 14.5 Å². The number of hydrogen-bond donors (Lipinski definition) is 0. The second kappa shape index (κ2) is 7.38. The Bertz CT molecular complexity index is 900. The summed E-state index contributed by atoms with van der Waals surface area (Å²) in [5, 5.41) is 5.00. The number of para-hydroxylation sites is 1. The van der Waals surface area contributed by atoms with Crippen LogP contribution in [0.4, 0.5) is 0 Å². The fourth-order valence-corrected chi connectivity index (χ4v) is 6.39. The molecule has 6 rings (SSSR count). The van der Waals surface area contributed by atoms with Gasteiger partial charge in [-0.15, -0.1) is 0 Å². The van der Waals surface area contributed by atoms with Crippen LogP contribution in [-0.4, -0.2) is 58.8 Å². The third-order valence-electron chi connectivity index (χ3n) is 8.21. The first-order valence-corrected chi connectivity index (χ1v) is 12.0. The Morgan fingerprint density at radius 3 is 2.43 bits per heavy atom. The van der Waals surface area contributed by atoms with Crippen molar-refractivity contribution in [2.24, 2.45) is 0 Å². The first-order valence-electron chi connectivity index (χ1n) is 12.0.